The summed E-state index contributed by atoms with van der Waals surface area (Å²) in [6.45, 7) is 5.79. The molecular formula is C10H16N2O3. The molecule has 1 heterocycles. The van der Waals surface area contributed by atoms with E-state index in [-0.39, 0.29) is 18.3 Å². The molecule has 0 aliphatic heterocycles. The molecule has 1 rings (SSSR count). The molecule has 5 heteroatoms. The molecule has 5 nitrogen and oxygen atoms in total. The lowest BCUT2D eigenvalue weighted by molar-refractivity contribution is -0.137. The molecule has 0 aromatic carbocycles. The molecule has 0 spiro atoms. The molecule has 0 saturated carbocycles. The highest BCUT2D eigenvalue weighted by Crippen LogP contribution is 2.15. The maximum Gasteiger partial charge on any atom is 0.303 e. The first-order valence-corrected chi connectivity index (χ1v) is 5.03. The zero-order valence-electron chi connectivity index (χ0n) is 9.23. The van der Waals surface area contributed by atoms with Crippen LogP contribution < -0.4 is 0 Å². The number of carboxylic acids is 1. The summed E-state index contributed by atoms with van der Waals surface area (Å²) >= 11 is 0. The van der Waals surface area contributed by atoms with Gasteiger partial charge in [-0.2, -0.15) is 0 Å². The minimum Gasteiger partial charge on any atom is -0.481 e. The predicted molar refractivity (Wildman–Crippen MR) is 53.5 cm³/mol. The van der Waals surface area contributed by atoms with Crippen LogP contribution >= 0.6 is 0 Å². The molecule has 0 aliphatic rings. The number of rotatable bonds is 5. The van der Waals surface area contributed by atoms with Gasteiger partial charge in [-0.3, -0.25) is 4.79 Å². The van der Waals surface area contributed by atoms with Crippen LogP contribution in [-0.2, 0) is 11.2 Å². The fourth-order valence-corrected chi connectivity index (χ4v) is 1.25. The average Bonchev–Trinajstić information content (AvgIpc) is 2.50. The summed E-state index contributed by atoms with van der Waals surface area (Å²) in [4.78, 5) is 10.4. The fraction of sp³-hybridized carbons (Fsp3) is 0.700. The van der Waals surface area contributed by atoms with Crippen LogP contribution in [-0.4, -0.2) is 21.3 Å². The van der Waals surface area contributed by atoms with E-state index in [4.69, 9.17) is 9.52 Å². The molecule has 1 unspecified atom stereocenters. The van der Waals surface area contributed by atoms with Gasteiger partial charge in [0.05, 0.1) is 0 Å². The highest BCUT2D eigenvalue weighted by atomic mass is 16.4. The van der Waals surface area contributed by atoms with Crippen molar-refractivity contribution in [2.45, 2.75) is 39.5 Å². The van der Waals surface area contributed by atoms with E-state index in [2.05, 4.69) is 10.2 Å². The van der Waals surface area contributed by atoms with Gasteiger partial charge in [0.2, 0.25) is 11.8 Å². The fourth-order valence-electron chi connectivity index (χ4n) is 1.25. The zero-order valence-corrected chi connectivity index (χ0v) is 9.23. The van der Waals surface area contributed by atoms with Gasteiger partial charge < -0.3 is 9.52 Å². The van der Waals surface area contributed by atoms with E-state index in [0.29, 0.717) is 18.2 Å². The van der Waals surface area contributed by atoms with Gasteiger partial charge >= 0.3 is 5.97 Å². The highest BCUT2D eigenvalue weighted by Gasteiger charge is 2.14. The summed E-state index contributed by atoms with van der Waals surface area (Å²) in [5.74, 6) is 0.551. The van der Waals surface area contributed by atoms with E-state index >= 15 is 0 Å². The molecule has 84 valence electrons. The molecule has 0 fully saturated rings. The summed E-state index contributed by atoms with van der Waals surface area (Å²) in [6.07, 6.45) is 0.644. The Kier molecular flexibility index (Phi) is 3.82. The summed E-state index contributed by atoms with van der Waals surface area (Å²) in [7, 11) is 0. The Labute approximate surface area is 88.5 Å². The van der Waals surface area contributed by atoms with Gasteiger partial charge in [0, 0.05) is 18.8 Å². The lowest BCUT2D eigenvalue weighted by Gasteiger charge is -2.03. The van der Waals surface area contributed by atoms with Crippen LogP contribution in [0.3, 0.4) is 0 Å². The van der Waals surface area contributed by atoms with E-state index in [1.807, 2.05) is 20.8 Å². The van der Waals surface area contributed by atoms with E-state index in [9.17, 15) is 4.79 Å². The average molecular weight is 212 g/mol. The molecule has 0 aliphatic carbocycles. The minimum absolute atomic E-state index is 0.0166. The molecule has 0 amide bonds. The topological polar surface area (TPSA) is 76.2 Å². The first kappa shape index (κ1) is 11.7. The maximum atomic E-state index is 10.4. The van der Waals surface area contributed by atoms with Gasteiger partial charge in [-0.15, -0.1) is 10.2 Å². The van der Waals surface area contributed by atoms with Crippen LogP contribution in [0.1, 0.15) is 44.9 Å². The Bertz CT molecular complexity index is 333. The standard InChI is InChI=1S/C10H16N2O3/c1-6(2)10-12-11-8(15-10)4-7(3)5-9(13)14/h6-7H,4-5H2,1-3H3,(H,13,14). The normalized spacial score (nSPS) is 13.1. The Hall–Kier alpha value is -1.39. The van der Waals surface area contributed by atoms with Crippen LogP contribution in [0.25, 0.3) is 0 Å². The molecule has 15 heavy (non-hydrogen) atoms. The third-order valence-corrected chi connectivity index (χ3v) is 2.02. The molecule has 1 aromatic heterocycles. The van der Waals surface area contributed by atoms with E-state index in [1.54, 1.807) is 0 Å². The Morgan fingerprint density at radius 1 is 1.40 bits per heavy atom. The maximum absolute atomic E-state index is 10.4. The van der Waals surface area contributed by atoms with Crippen molar-refractivity contribution in [3.63, 3.8) is 0 Å². The quantitative estimate of drug-likeness (QED) is 0.805. The number of carbonyl (C=O) groups is 1. The first-order chi connectivity index (χ1) is 6.99. The largest absolute Gasteiger partial charge is 0.481 e. The van der Waals surface area contributed by atoms with Crippen LogP contribution in [0.2, 0.25) is 0 Å². The van der Waals surface area contributed by atoms with Crippen molar-refractivity contribution in [2.24, 2.45) is 5.92 Å². The van der Waals surface area contributed by atoms with Crippen molar-refractivity contribution >= 4 is 5.97 Å². The second kappa shape index (κ2) is 4.91. The smallest absolute Gasteiger partial charge is 0.303 e. The molecule has 0 bridgehead atoms. The molecule has 0 radical (unpaired) electrons. The number of aromatic nitrogens is 2. The molecular weight excluding hydrogens is 196 g/mol. The summed E-state index contributed by atoms with van der Waals surface area (Å²) in [6, 6.07) is 0. The molecule has 1 atom stereocenters. The van der Waals surface area contributed by atoms with Crippen molar-refractivity contribution in [3.8, 4) is 0 Å². The number of carboxylic acid groups (broad SMARTS) is 1. The predicted octanol–water partition coefficient (Wildman–Crippen LogP) is 1.85. The van der Waals surface area contributed by atoms with Crippen LogP contribution in [0.5, 0.6) is 0 Å². The third-order valence-electron chi connectivity index (χ3n) is 2.02. The molecule has 1 aromatic rings. The third kappa shape index (κ3) is 3.69. The number of aliphatic carboxylic acids is 1. The number of nitrogens with zero attached hydrogens (tertiary/aromatic N) is 2. The number of hydrogen-bond donors (Lipinski definition) is 1. The van der Waals surface area contributed by atoms with E-state index in [1.165, 1.54) is 0 Å². The lowest BCUT2D eigenvalue weighted by atomic mass is 10.0. The van der Waals surface area contributed by atoms with Crippen molar-refractivity contribution < 1.29 is 14.3 Å². The van der Waals surface area contributed by atoms with Crippen LogP contribution in [0.15, 0.2) is 4.42 Å². The second-order valence-electron chi connectivity index (χ2n) is 4.10. The van der Waals surface area contributed by atoms with Crippen LogP contribution in [0.4, 0.5) is 0 Å². The van der Waals surface area contributed by atoms with Crippen molar-refractivity contribution in [3.05, 3.63) is 11.8 Å². The van der Waals surface area contributed by atoms with E-state index in [0.717, 1.165) is 0 Å². The minimum atomic E-state index is -0.800. The van der Waals surface area contributed by atoms with Gasteiger partial charge in [-0.05, 0) is 5.92 Å². The number of hydrogen-bond acceptors (Lipinski definition) is 4. The van der Waals surface area contributed by atoms with Gasteiger partial charge in [0.25, 0.3) is 0 Å². The Morgan fingerprint density at radius 3 is 2.53 bits per heavy atom. The van der Waals surface area contributed by atoms with Gasteiger partial charge in [-0.1, -0.05) is 20.8 Å². The highest BCUT2D eigenvalue weighted by molar-refractivity contribution is 5.66. The van der Waals surface area contributed by atoms with Gasteiger partial charge in [0.1, 0.15) is 0 Å². The molecule has 1 N–H and O–H groups in total. The van der Waals surface area contributed by atoms with Crippen molar-refractivity contribution in [2.75, 3.05) is 0 Å². The van der Waals surface area contributed by atoms with Crippen LogP contribution in [0, 0.1) is 5.92 Å². The van der Waals surface area contributed by atoms with Crippen molar-refractivity contribution in [1.82, 2.24) is 10.2 Å². The van der Waals surface area contributed by atoms with E-state index < -0.39 is 5.97 Å². The van der Waals surface area contributed by atoms with Gasteiger partial charge in [0.15, 0.2) is 0 Å². The van der Waals surface area contributed by atoms with Crippen molar-refractivity contribution in [1.29, 1.82) is 0 Å². The Balaban J connectivity index is 2.53. The summed E-state index contributed by atoms with van der Waals surface area (Å²) in [5.41, 5.74) is 0. The molecule has 0 saturated heterocycles. The van der Waals surface area contributed by atoms with Gasteiger partial charge in [-0.25, -0.2) is 0 Å². The second-order valence-corrected chi connectivity index (χ2v) is 4.10. The first-order valence-electron chi connectivity index (χ1n) is 5.03. The summed E-state index contributed by atoms with van der Waals surface area (Å²) < 4.78 is 5.38. The zero-order chi connectivity index (χ0) is 11.4. The Morgan fingerprint density at radius 2 is 2.07 bits per heavy atom. The lowest BCUT2D eigenvalue weighted by Crippen LogP contribution is -2.07. The summed E-state index contributed by atoms with van der Waals surface area (Å²) in [5, 5.41) is 16.3. The monoisotopic (exact) mass is 212 g/mol. The SMILES string of the molecule is CC(CC(=O)O)Cc1nnc(C(C)C)o1.